The average molecular weight is 406 g/mol. The first kappa shape index (κ1) is 27.6. The standard InChI is InChI=1S/C10H9NO.C10H15.2CH4O.Ti/c1-7-6-11-9-5-3-2-4-8(9)10(7)12;1-6-7(2)9(4)10(5)8(6)3;2*1-2;/h2-6H,1H3,(H,11,12);1-5H3;2*2H,1H3;/q;-1;;;. The number of hydrogen-bond acceptors (Lipinski definition) is 4. The van der Waals surface area contributed by atoms with E-state index >= 15 is 0 Å². The van der Waals surface area contributed by atoms with E-state index < -0.39 is 0 Å². The Labute approximate surface area is 178 Å². The molecule has 3 rings (SSSR count). The minimum Gasteiger partial charge on any atom is -0.507 e. The Kier molecular flexibility index (Phi) is 13.9. The van der Waals surface area contributed by atoms with Crippen LogP contribution >= 0.6 is 0 Å². The number of fused-ring (bicyclic) bond motifs is 1. The molecule has 3 N–H and O–H groups in total. The van der Waals surface area contributed by atoms with Crippen molar-refractivity contribution in [2.75, 3.05) is 14.2 Å². The number of nitrogens with zero attached hydrogens (tertiary/aromatic N) is 1. The van der Waals surface area contributed by atoms with E-state index in [4.69, 9.17) is 10.2 Å². The van der Waals surface area contributed by atoms with Crippen LogP contribution in [0.1, 0.15) is 33.4 Å². The third kappa shape index (κ3) is 6.82. The van der Waals surface area contributed by atoms with Gasteiger partial charge in [0.2, 0.25) is 0 Å². The number of rotatable bonds is 0. The van der Waals surface area contributed by atoms with Gasteiger partial charge in [-0.1, -0.05) is 46.8 Å². The molecule has 0 saturated carbocycles. The summed E-state index contributed by atoms with van der Waals surface area (Å²) in [5.41, 5.74) is 8.99. The molecular formula is C22H32NO3Ti-. The largest absolute Gasteiger partial charge is 0.507 e. The molecule has 0 atom stereocenters. The van der Waals surface area contributed by atoms with Gasteiger partial charge in [0, 0.05) is 53.1 Å². The van der Waals surface area contributed by atoms with Crippen molar-refractivity contribution in [3.63, 3.8) is 0 Å². The van der Waals surface area contributed by atoms with Crippen LogP contribution < -0.4 is 0 Å². The molecule has 148 valence electrons. The van der Waals surface area contributed by atoms with Crippen molar-refractivity contribution in [3.05, 3.63) is 63.8 Å². The summed E-state index contributed by atoms with van der Waals surface area (Å²) in [5.74, 6) is 0.334. The maximum absolute atomic E-state index is 9.62. The van der Waals surface area contributed by atoms with Crippen LogP contribution in [0.25, 0.3) is 10.9 Å². The second-order valence-corrected chi connectivity index (χ2v) is 5.93. The van der Waals surface area contributed by atoms with Gasteiger partial charge in [-0.05, 0) is 19.1 Å². The maximum Gasteiger partial charge on any atom is 0.129 e. The molecule has 0 spiro atoms. The summed E-state index contributed by atoms with van der Waals surface area (Å²) in [4.78, 5) is 4.18. The van der Waals surface area contributed by atoms with Crippen LogP contribution in [0.15, 0.2) is 30.5 Å². The number of benzene rings is 1. The molecule has 0 radical (unpaired) electrons. The summed E-state index contributed by atoms with van der Waals surface area (Å²) >= 11 is 0. The van der Waals surface area contributed by atoms with Crippen LogP contribution in [0.3, 0.4) is 0 Å². The van der Waals surface area contributed by atoms with E-state index in [0.29, 0.717) is 5.75 Å². The van der Waals surface area contributed by atoms with Gasteiger partial charge in [-0.25, -0.2) is 0 Å². The molecule has 1 heterocycles. The smallest absolute Gasteiger partial charge is 0.129 e. The average Bonchev–Trinajstić information content (AvgIpc) is 2.86. The van der Waals surface area contributed by atoms with E-state index in [1.807, 2.05) is 31.2 Å². The third-order valence-electron chi connectivity index (χ3n) is 4.74. The van der Waals surface area contributed by atoms with Crippen molar-refractivity contribution in [3.8, 4) is 5.75 Å². The van der Waals surface area contributed by atoms with Crippen LogP contribution in [-0.2, 0) is 21.7 Å². The molecule has 0 bridgehead atoms. The van der Waals surface area contributed by atoms with E-state index in [1.54, 1.807) is 6.20 Å². The van der Waals surface area contributed by atoms with Gasteiger partial charge in [-0.15, -0.1) is 0 Å². The van der Waals surface area contributed by atoms with Crippen LogP contribution in [0.2, 0.25) is 0 Å². The van der Waals surface area contributed by atoms with Crippen LogP contribution in [0.5, 0.6) is 5.75 Å². The van der Waals surface area contributed by atoms with Crippen molar-refractivity contribution in [1.82, 2.24) is 4.98 Å². The van der Waals surface area contributed by atoms with Crippen molar-refractivity contribution >= 4 is 10.9 Å². The molecule has 2 aromatic carbocycles. The van der Waals surface area contributed by atoms with E-state index in [1.165, 1.54) is 27.8 Å². The Morgan fingerprint density at radius 1 is 0.815 bits per heavy atom. The molecule has 0 aliphatic carbocycles. The monoisotopic (exact) mass is 406 g/mol. The number of aryl methyl sites for hydroxylation is 1. The fraction of sp³-hybridized carbons (Fsp3) is 0.364. The molecule has 0 amide bonds. The molecule has 3 aromatic rings. The van der Waals surface area contributed by atoms with Gasteiger partial charge in [-0.2, -0.15) is 27.8 Å². The maximum atomic E-state index is 9.62. The minimum atomic E-state index is 0. The number of aliphatic hydroxyl groups is 2. The van der Waals surface area contributed by atoms with Crippen LogP contribution in [-0.4, -0.2) is 34.5 Å². The Morgan fingerprint density at radius 2 is 1.26 bits per heavy atom. The number of para-hydroxylation sites is 1. The van der Waals surface area contributed by atoms with Crippen LogP contribution in [0.4, 0.5) is 0 Å². The quantitative estimate of drug-likeness (QED) is 0.382. The second-order valence-electron chi connectivity index (χ2n) is 5.93. The zero-order valence-electron chi connectivity index (χ0n) is 17.7. The summed E-state index contributed by atoms with van der Waals surface area (Å²) in [5, 5.41) is 24.4. The Bertz CT molecular complexity index is 746. The summed E-state index contributed by atoms with van der Waals surface area (Å²) in [6, 6.07) is 7.55. The van der Waals surface area contributed by atoms with Gasteiger partial charge in [0.05, 0.1) is 5.52 Å². The predicted molar refractivity (Wildman–Crippen MR) is 110 cm³/mol. The summed E-state index contributed by atoms with van der Waals surface area (Å²) in [6.45, 7) is 12.8. The van der Waals surface area contributed by atoms with E-state index in [9.17, 15) is 5.11 Å². The summed E-state index contributed by atoms with van der Waals surface area (Å²) in [6.07, 6.45) is 1.68. The zero-order chi connectivity index (χ0) is 20.4. The molecule has 0 aliphatic heterocycles. The molecule has 0 fully saturated rings. The molecule has 1 aromatic heterocycles. The van der Waals surface area contributed by atoms with Gasteiger partial charge in [0.1, 0.15) is 5.75 Å². The fourth-order valence-corrected chi connectivity index (χ4v) is 2.63. The van der Waals surface area contributed by atoms with Gasteiger partial charge >= 0.3 is 0 Å². The molecular weight excluding hydrogens is 374 g/mol. The second kappa shape index (κ2) is 13.6. The van der Waals surface area contributed by atoms with E-state index in [0.717, 1.165) is 30.7 Å². The Morgan fingerprint density at radius 3 is 1.67 bits per heavy atom. The van der Waals surface area contributed by atoms with E-state index in [2.05, 4.69) is 39.6 Å². The molecule has 0 aliphatic rings. The van der Waals surface area contributed by atoms with Gasteiger partial charge < -0.3 is 15.3 Å². The number of pyridine rings is 1. The molecule has 0 saturated heterocycles. The van der Waals surface area contributed by atoms with Gasteiger partial charge in [-0.3, -0.25) is 4.98 Å². The minimum absolute atomic E-state index is 0. The number of aromatic hydroxyl groups is 1. The topological polar surface area (TPSA) is 73.6 Å². The Hall–Kier alpha value is -1.59. The van der Waals surface area contributed by atoms with Crippen molar-refractivity contribution < 1.29 is 37.0 Å². The number of aromatic nitrogens is 1. The van der Waals surface area contributed by atoms with Gasteiger partial charge in [0.15, 0.2) is 0 Å². The Balaban J connectivity index is 0. The first-order chi connectivity index (χ1) is 12.3. The molecule has 27 heavy (non-hydrogen) atoms. The first-order valence-corrected chi connectivity index (χ1v) is 8.47. The molecule has 4 nitrogen and oxygen atoms in total. The fourth-order valence-electron chi connectivity index (χ4n) is 2.63. The van der Waals surface area contributed by atoms with Crippen molar-refractivity contribution in [1.29, 1.82) is 0 Å². The third-order valence-corrected chi connectivity index (χ3v) is 4.74. The predicted octanol–water partition coefficient (Wildman–Crippen LogP) is 4.41. The SMILES string of the molecule is CO.CO.Cc1c(C)c(C)[c-](C)c1C.Cc1cnc2ccccc2c1O.[Ti]. The number of hydrogen-bond donors (Lipinski definition) is 3. The van der Waals surface area contributed by atoms with E-state index in [-0.39, 0.29) is 21.7 Å². The van der Waals surface area contributed by atoms with Crippen molar-refractivity contribution in [2.24, 2.45) is 0 Å². The van der Waals surface area contributed by atoms with Gasteiger partial charge in [0.25, 0.3) is 0 Å². The molecule has 0 unspecified atom stereocenters. The molecule has 5 heteroatoms. The zero-order valence-corrected chi connectivity index (χ0v) is 19.2. The summed E-state index contributed by atoms with van der Waals surface area (Å²) in [7, 11) is 2.00. The normalized spacial score (nSPS) is 8.96. The first-order valence-electron chi connectivity index (χ1n) is 8.47. The number of aliphatic hydroxyl groups excluding tert-OH is 2. The van der Waals surface area contributed by atoms with Crippen molar-refractivity contribution in [2.45, 2.75) is 41.5 Å². The van der Waals surface area contributed by atoms with Crippen LogP contribution in [0, 0.1) is 41.5 Å². The summed E-state index contributed by atoms with van der Waals surface area (Å²) < 4.78 is 0.